The topological polar surface area (TPSA) is 93.7 Å². The van der Waals surface area contributed by atoms with Gasteiger partial charge < -0.3 is 14.4 Å². The highest BCUT2D eigenvalue weighted by molar-refractivity contribution is 5.87. The number of nitrogens with zero attached hydrogens (tertiary/aromatic N) is 10. The summed E-state index contributed by atoms with van der Waals surface area (Å²) < 4.78 is 3.69. The van der Waals surface area contributed by atoms with Crippen molar-refractivity contribution in [2.75, 3.05) is 36.0 Å². The van der Waals surface area contributed by atoms with Gasteiger partial charge in [0, 0.05) is 40.3 Å². The molecule has 4 aromatic heterocycles. The van der Waals surface area contributed by atoms with Crippen molar-refractivity contribution in [1.29, 1.82) is 0 Å². The van der Waals surface area contributed by atoms with Crippen molar-refractivity contribution in [1.82, 2.24) is 39.3 Å². The normalized spacial score (nSPS) is 15.3. The minimum absolute atomic E-state index is 0.842. The van der Waals surface area contributed by atoms with Gasteiger partial charge in [-0.05, 0) is 0 Å². The molecule has 0 amide bonds. The van der Waals surface area contributed by atoms with E-state index in [9.17, 15) is 0 Å². The fraction of sp³-hybridized carbons (Fsp3) is 0.375. The first kappa shape index (κ1) is 15.0. The van der Waals surface area contributed by atoms with E-state index in [-0.39, 0.29) is 0 Å². The molecule has 4 aromatic rings. The van der Waals surface area contributed by atoms with E-state index in [4.69, 9.17) is 0 Å². The lowest BCUT2D eigenvalue weighted by Gasteiger charge is -2.36. The SMILES string of the molecule is Cn1cnc2c(N3CCN(c4ncnc5c4cnn5C)CC3)ncnc21. The smallest absolute Gasteiger partial charge is 0.165 e. The number of piperazine rings is 1. The number of anilines is 2. The second-order valence-electron chi connectivity index (χ2n) is 6.40. The van der Waals surface area contributed by atoms with Crippen LogP contribution in [0.15, 0.2) is 25.2 Å². The summed E-state index contributed by atoms with van der Waals surface area (Å²) >= 11 is 0. The van der Waals surface area contributed by atoms with E-state index in [1.807, 2.05) is 24.9 Å². The maximum absolute atomic E-state index is 4.50. The van der Waals surface area contributed by atoms with Gasteiger partial charge in [-0.25, -0.2) is 24.9 Å². The molecule has 1 aliphatic heterocycles. The molecule has 0 radical (unpaired) electrons. The van der Waals surface area contributed by atoms with E-state index in [1.165, 1.54) is 0 Å². The predicted molar refractivity (Wildman–Crippen MR) is 97.0 cm³/mol. The van der Waals surface area contributed by atoms with Gasteiger partial charge in [-0.2, -0.15) is 5.10 Å². The summed E-state index contributed by atoms with van der Waals surface area (Å²) in [6, 6.07) is 0. The zero-order valence-corrected chi connectivity index (χ0v) is 14.6. The molecular formula is C16H18N10. The van der Waals surface area contributed by atoms with Crippen LogP contribution in [0.1, 0.15) is 0 Å². The van der Waals surface area contributed by atoms with Gasteiger partial charge in [0.1, 0.15) is 18.5 Å². The van der Waals surface area contributed by atoms with Crippen molar-refractivity contribution in [3.63, 3.8) is 0 Å². The van der Waals surface area contributed by atoms with Crippen LogP contribution in [0.2, 0.25) is 0 Å². The van der Waals surface area contributed by atoms with Crippen LogP contribution in [0.4, 0.5) is 11.6 Å². The van der Waals surface area contributed by atoms with Crippen LogP contribution < -0.4 is 9.80 Å². The highest BCUT2D eigenvalue weighted by atomic mass is 15.3. The summed E-state index contributed by atoms with van der Waals surface area (Å²) in [6.07, 6.45) is 6.82. The number of aromatic nitrogens is 8. The predicted octanol–water partition coefficient (Wildman–Crippen LogP) is 0.367. The van der Waals surface area contributed by atoms with Gasteiger partial charge in [-0.1, -0.05) is 0 Å². The number of rotatable bonds is 2. The van der Waals surface area contributed by atoms with Crippen molar-refractivity contribution >= 4 is 33.8 Å². The first-order chi connectivity index (χ1) is 12.7. The molecule has 10 nitrogen and oxygen atoms in total. The average Bonchev–Trinajstić information content (AvgIpc) is 3.25. The molecular weight excluding hydrogens is 332 g/mol. The Bertz CT molecular complexity index is 1000. The van der Waals surface area contributed by atoms with Crippen LogP contribution >= 0.6 is 0 Å². The molecule has 1 fully saturated rings. The van der Waals surface area contributed by atoms with Crippen LogP contribution in [0.5, 0.6) is 0 Å². The summed E-state index contributed by atoms with van der Waals surface area (Å²) in [5, 5.41) is 5.28. The van der Waals surface area contributed by atoms with Crippen LogP contribution in [0.3, 0.4) is 0 Å². The van der Waals surface area contributed by atoms with Gasteiger partial charge in [0.2, 0.25) is 0 Å². The Balaban J connectivity index is 1.42. The van der Waals surface area contributed by atoms with Gasteiger partial charge in [0.15, 0.2) is 22.6 Å². The highest BCUT2D eigenvalue weighted by Gasteiger charge is 2.23. The average molecular weight is 350 g/mol. The largest absolute Gasteiger partial charge is 0.352 e. The Morgan fingerprint density at radius 1 is 0.769 bits per heavy atom. The fourth-order valence-corrected chi connectivity index (χ4v) is 3.50. The quantitative estimate of drug-likeness (QED) is 0.512. The van der Waals surface area contributed by atoms with E-state index in [2.05, 4.69) is 39.8 Å². The van der Waals surface area contributed by atoms with Gasteiger partial charge >= 0.3 is 0 Å². The summed E-state index contributed by atoms with van der Waals surface area (Å²) in [4.78, 5) is 26.6. The summed E-state index contributed by atoms with van der Waals surface area (Å²) in [7, 11) is 3.84. The van der Waals surface area contributed by atoms with Crippen molar-refractivity contribution in [2.45, 2.75) is 0 Å². The molecule has 5 heterocycles. The monoisotopic (exact) mass is 350 g/mol. The van der Waals surface area contributed by atoms with Crippen LogP contribution in [0, 0.1) is 0 Å². The first-order valence-electron chi connectivity index (χ1n) is 8.47. The lowest BCUT2D eigenvalue weighted by Crippen LogP contribution is -2.47. The van der Waals surface area contributed by atoms with Gasteiger partial charge in [0.05, 0.1) is 17.9 Å². The standard InChI is InChI=1S/C16H18N10/c1-23-10-21-12-15(23)19-9-20-16(12)26-5-3-25(4-6-26)14-11-7-22-24(2)13(11)17-8-18-14/h7-10H,3-6H2,1-2H3. The van der Waals surface area contributed by atoms with E-state index in [0.717, 1.165) is 60.0 Å². The lowest BCUT2D eigenvalue weighted by atomic mass is 10.2. The Labute approximate surface area is 149 Å². The molecule has 132 valence electrons. The molecule has 1 saturated heterocycles. The van der Waals surface area contributed by atoms with E-state index >= 15 is 0 Å². The number of fused-ring (bicyclic) bond motifs is 2. The van der Waals surface area contributed by atoms with Crippen LogP contribution in [-0.2, 0) is 14.1 Å². The minimum atomic E-state index is 0.842. The minimum Gasteiger partial charge on any atom is -0.352 e. The van der Waals surface area contributed by atoms with Gasteiger partial charge in [-0.15, -0.1) is 0 Å². The number of hydrogen-bond donors (Lipinski definition) is 0. The van der Waals surface area contributed by atoms with Crippen LogP contribution in [-0.4, -0.2) is 65.4 Å². The molecule has 0 saturated carbocycles. The number of aryl methyl sites for hydroxylation is 2. The molecule has 10 heteroatoms. The zero-order chi connectivity index (χ0) is 17.7. The van der Waals surface area contributed by atoms with Crippen molar-refractivity contribution < 1.29 is 0 Å². The second-order valence-corrected chi connectivity index (χ2v) is 6.40. The van der Waals surface area contributed by atoms with Crippen LogP contribution in [0.25, 0.3) is 22.2 Å². The van der Waals surface area contributed by atoms with Gasteiger partial charge in [0.25, 0.3) is 0 Å². The summed E-state index contributed by atoms with van der Waals surface area (Å²) in [5.74, 6) is 1.83. The van der Waals surface area contributed by atoms with E-state index < -0.39 is 0 Å². The van der Waals surface area contributed by atoms with E-state index in [0.29, 0.717) is 0 Å². The third-order valence-corrected chi connectivity index (χ3v) is 4.86. The molecule has 0 N–H and O–H groups in total. The molecule has 1 aliphatic rings. The van der Waals surface area contributed by atoms with Crippen molar-refractivity contribution in [3.05, 3.63) is 25.2 Å². The summed E-state index contributed by atoms with van der Waals surface area (Å²) in [5.41, 5.74) is 2.55. The van der Waals surface area contributed by atoms with E-state index in [1.54, 1.807) is 23.7 Å². The van der Waals surface area contributed by atoms with Crippen molar-refractivity contribution in [2.24, 2.45) is 14.1 Å². The van der Waals surface area contributed by atoms with Gasteiger partial charge in [-0.3, -0.25) is 4.68 Å². The Hall–Kier alpha value is -3.30. The first-order valence-corrected chi connectivity index (χ1v) is 8.47. The Morgan fingerprint density at radius 2 is 1.42 bits per heavy atom. The molecule has 0 bridgehead atoms. The number of hydrogen-bond acceptors (Lipinski definition) is 8. The molecule has 26 heavy (non-hydrogen) atoms. The van der Waals surface area contributed by atoms with Crippen molar-refractivity contribution in [3.8, 4) is 0 Å². The highest BCUT2D eigenvalue weighted by Crippen LogP contribution is 2.26. The second kappa shape index (κ2) is 5.61. The molecule has 5 rings (SSSR count). The maximum Gasteiger partial charge on any atom is 0.165 e. The third-order valence-electron chi connectivity index (χ3n) is 4.86. The Kier molecular flexibility index (Phi) is 3.24. The lowest BCUT2D eigenvalue weighted by molar-refractivity contribution is 0.644. The summed E-state index contributed by atoms with van der Waals surface area (Å²) in [6.45, 7) is 3.38. The molecule has 0 unspecified atom stereocenters. The Morgan fingerprint density at radius 3 is 2.19 bits per heavy atom. The molecule has 0 spiro atoms. The number of imidazole rings is 1. The fourth-order valence-electron chi connectivity index (χ4n) is 3.50. The molecule has 0 aromatic carbocycles. The zero-order valence-electron chi connectivity index (χ0n) is 14.6. The third kappa shape index (κ3) is 2.18. The molecule has 0 atom stereocenters. The maximum atomic E-state index is 4.50. The molecule has 0 aliphatic carbocycles.